The summed E-state index contributed by atoms with van der Waals surface area (Å²) in [5.74, 6) is 0.974. The van der Waals surface area contributed by atoms with Crippen molar-refractivity contribution in [3.8, 4) is 11.3 Å². The number of aromatic amines is 1. The van der Waals surface area contributed by atoms with E-state index in [9.17, 15) is 0 Å². The number of aromatic nitrogens is 5. The van der Waals surface area contributed by atoms with Crippen LogP contribution in [0, 0.1) is 0 Å². The summed E-state index contributed by atoms with van der Waals surface area (Å²) in [6.45, 7) is 7.17. The SMILES string of the molecule is CC(c1cc(-c2ccccc2)n[nH]1)N(C)Cc1nncn1C(C)C. The molecule has 1 N–H and O–H groups in total. The minimum Gasteiger partial charge on any atom is -0.314 e. The largest absolute Gasteiger partial charge is 0.314 e. The zero-order valence-electron chi connectivity index (χ0n) is 14.6. The maximum atomic E-state index is 4.45. The highest BCUT2D eigenvalue weighted by Gasteiger charge is 2.18. The number of nitrogens with zero attached hydrogens (tertiary/aromatic N) is 5. The van der Waals surface area contributed by atoms with Crippen LogP contribution in [-0.4, -0.2) is 36.9 Å². The maximum Gasteiger partial charge on any atom is 0.147 e. The Balaban J connectivity index is 1.73. The monoisotopic (exact) mass is 324 g/mol. The van der Waals surface area contributed by atoms with Gasteiger partial charge in [-0.3, -0.25) is 10.00 Å². The molecule has 1 atom stereocenters. The average Bonchev–Trinajstić information content (AvgIpc) is 3.24. The second kappa shape index (κ2) is 6.97. The molecule has 0 radical (unpaired) electrons. The average molecular weight is 324 g/mol. The summed E-state index contributed by atoms with van der Waals surface area (Å²) in [5.41, 5.74) is 3.18. The predicted molar refractivity (Wildman–Crippen MR) is 94.3 cm³/mol. The zero-order chi connectivity index (χ0) is 17.1. The van der Waals surface area contributed by atoms with E-state index in [2.05, 4.69) is 75.9 Å². The van der Waals surface area contributed by atoms with E-state index >= 15 is 0 Å². The fourth-order valence-electron chi connectivity index (χ4n) is 2.72. The van der Waals surface area contributed by atoms with E-state index in [1.807, 2.05) is 18.2 Å². The molecule has 3 rings (SSSR count). The van der Waals surface area contributed by atoms with E-state index in [0.29, 0.717) is 6.04 Å². The number of hydrogen-bond donors (Lipinski definition) is 1. The van der Waals surface area contributed by atoms with Crippen LogP contribution < -0.4 is 0 Å². The van der Waals surface area contributed by atoms with Crippen LogP contribution in [0.15, 0.2) is 42.7 Å². The molecule has 0 saturated carbocycles. The van der Waals surface area contributed by atoms with Gasteiger partial charge in [-0.1, -0.05) is 30.3 Å². The summed E-state index contributed by atoms with van der Waals surface area (Å²) in [7, 11) is 2.09. The van der Waals surface area contributed by atoms with Gasteiger partial charge >= 0.3 is 0 Å². The van der Waals surface area contributed by atoms with Crippen LogP contribution in [0.4, 0.5) is 0 Å². The van der Waals surface area contributed by atoms with Crippen molar-refractivity contribution in [3.63, 3.8) is 0 Å². The van der Waals surface area contributed by atoms with Crippen molar-refractivity contribution in [1.29, 1.82) is 0 Å². The first-order valence-electron chi connectivity index (χ1n) is 8.25. The summed E-state index contributed by atoms with van der Waals surface area (Å²) in [6, 6.07) is 12.9. The van der Waals surface area contributed by atoms with Crippen molar-refractivity contribution >= 4 is 0 Å². The molecule has 24 heavy (non-hydrogen) atoms. The number of nitrogens with one attached hydrogen (secondary N) is 1. The van der Waals surface area contributed by atoms with Crippen molar-refractivity contribution in [2.45, 2.75) is 39.4 Å². The Morgan fingerprint density at radius 1 is 1.17 bits per heavy atom. The maximum absolute atomic E-state index is 4.45. The Morgan fingerprint density at radius 3 is 2.62 bits per heavy atom. The standard InChI is InChI=1S/C18H24N6/c1-13(2)24-12-19-22-18(24)11-23(4)14(3)16-10-17(21-20-16)15-8-6-5-7-9-15/h5-10,12-14H,11H2,1-4H3,(H,20,21). The van der Waals surface area contributed by atoms with Crippen LogP contribution in [0.3, 0.4) is 0 Å². The van der Waals surface area contributed by atoms with E-state index in [0.717, 1.165) is 29.3 Å². The van der Waals surface area contributed by atoms with Gasteiger partial charge in [0.05, 0.1) is 17.9 Å². The molecule has 6 heteroatoms. The molecule has 3 aromatic rings. The molecular formula is C18H24N6. The van der Waals surface area contributed by atoms with Crippen LogP contribution in [0.5, 0.6) is 0 Å². The second-order valence-corrected chi connectivity index (χ2v) is 6.41. The first-order chi connectivity index (χ1) is 11.6. The van der Waals surface area contributed by atoms with Gasteiger partial charge in [-0.05, 0) is 33.9 Å². The van der Waals surface area contributed by atoms with Crippen LogP contribution >= 0.6 is 0 Å². The Labute approximate surface area is 142 Å². The summed E-state index contributed by atoms with van der Waals surface area (Å²) < 4.78 is 2.10. The van der Waals surface area contributed by atoms with Crippen molar-refractivity contribution in [3.05, 3.63) is 54.2 Å². The molecule has 2 aromatic heterocycles. The molecular weight excluding hydrogens is 300 g/mol. The first kappa shape index (κ1) is 16.4. The van der Waals surface area contributed by atoms with Crippen LogP contribution in [0.25, 0.3) is 11.3 Å². The summed E-state index contributed by atoms with van der Waals surface area (Å²) in [4.78, 5) is 2.24. The zero-order valence-corrected chi connectivity index (χ0v) is 14.6. The third kappa shape index (κ3) is 3.38. The van der Waals surface area contributed by atoms with Gasteiger partial charge in [0.2, 0.25) is 0 Å². The Hall–Kier alpha value is -2.47. The minimum absolute atomic E-state index is 0.201. The molecule has 1 aromatic carbocycles. The molecule has 0 saturated heterocycles. The highest BCUT2D eigenvalue weighted by Crippen LogP contribution is 2.24. The summed E-state index contributed by atoms with van der Waals surface area (Å²) >= 11 is 0. The van der Waals surface area contributed by atoms with Crippen molar-refractivity contribution in [2.75, 3.05) is 7.05 Å². The van der Waals surface area contributed by atoms with Gasteiger partial charge in [0.25, 0.3) is 0 Å². The third-order valence-corrected chi connectivity index (χ3v) is 4.37. The minimum atomic E-state index is 0.201. The van der Waals surface area contributed by atoms with Gasteiger partial charge in [-0.2, -0.15) is 5.10 Å². The highest BCUT2D eigenvalue weighted by molar-refractivity contribution is 5.59. The lowest BCUT2D eigenvalue weighted by Crippen LogP contribution is -2.24. The number of benzene rings is 1. The van der Waals surface area contributed by atoms with Crippen molar-refractivity contribution < 1.29 is 0 Å². The molecule has 0 spiro atoms. The molecule has 1 unspecified atom stereocenters. The van der Waals surface area contributed by atoms with Gasteiger partial charge < -0.3 is 4.57 Å². The summed E-state index contributed by atoms with van der Waals surface area (Å²) in [5, 5.41) is 15.9. The second-order valence-electron chi connectivity index (χ2n) is 6.41. The van der Waals surface area contributed by atoms with Gasteiger partial charge in [0, 0.05) is 17.6 Å². The lowest BCUT2D eigenvalue weighted by atomic mass is 10.1. The molecule has 0 amide bonds. The highest BCUT2D eigenvalue weighted by atomic mass is 15.3. The van der Waals surface area contributed by atoms with E-state index in [1.165, 1.54) is 0 Å². The predicted octanol–water partition coefficient (Wildman–Crippen LogP) is 3.44. The number of rotatable bonds is 6. The Kier molecular flexibility index (Phi) is 4.76. The van der Waals surface area contributed by atoms with E-state index in [1.54, 1.807) is 6.33 Å². The van der Waals surface area contributed by atoms with Gasteiger partial charge in [0.1, 0.15) is 12.2 Å². The first-order valence-corrected chi connectivity index (χ1v) is 8.25. The van der Waals surface area contributed by atoms with E-state index in [4.69, 9.17) is 0 Å². The smallest absolute Gasteiger partial charge is 0.147 e. The van der Waals surface area contributed by atoms with Crippen molar-refractivity contribution in [2.24, 2.45) is 0 Å². The number of H-pyrrole nitrogens is 1. The lowest BCUT2D eigenvalue weighted by Gasteiger charge is -2.23. The molecule has 2 heterocycles. The third-order valence-electron chi connectivity index (χ3n) is 4.37. The van der Waals surface area contributed by atoms with Crippen LogP contribution in [-0.2, 0) is 6.54 Å². The van der Waals surface area contributed by atoms with E-state index < -0.39 is 0 Å². The molecule has 0 aliphatic heterocycles. The quantitative estimate of drug-likeness (QED) is 0.754. The van der Waals surface area contributed by atoms with Gasteiger partial charge in [0.15, 0.2) is 0 Å². The summed E-state index contributed by atoms with van der Waals surface area (Å²) in [6.07, 6.45) is 1.79. The topological polar surface area (TPSA) is 62.6 Å². The van der Waals surface area contributed by atoms with Gasteiger partial charge in [-0.15, -0.1) is 10.2 Å². The molecule has 126 valence electrons. The molecule has 0 aliphatic rings. The Morgan fingerprint density at radius 2 is 1.92 bits per heavy atom. The fraction of sp³-hybridized carbons (Fsp3) is 0.389. The van der Waals surface area contributed by atoms with E-state index in [-0.39, 0.29) is 6.04 Å². The van der Waals surface area contributed by atoms with Crippen LogP contribution in [0.1, 0.15) is 44.4 Å². The lowest BCUT2D eigenvalue weighted by molar-refractivity contribution is 0.237. The van der Waals surface area contributed by atoms with Crippen LogP contribution in [0.2, 0.25) is 0 Å². The van der Waals surface area contributed by atoms with Gasteiger partial charge in [-0.25, -0.2) is 0 Å². The molecule has 6 nitrogen and oxygen atoms in total. The fourth-order valence-corrected chi connectivity index (χ4v) is 2.72. The molecule has 0 bridgehead atoms. The molecule has 0 fully saturated rings. The normalized spacial score (nSPS) is 12.9. The number of hydrogen-bond acceptors (Lipinski definition) is 4. The van der Waals surface area contributed by atoms with Crippen molar-refractivity contribution in [1.82, 2.24) is 29.9 Å². The Bertz CT molecular complexity index is 774. The molecule has 0 aliphatic carbocycles.